The number of amidine groups is 1. The zero-order chi connectivity index (χ0) is 15.2. The molecule has 0 amide bonds. The monoisotopic (exact) mass is 287 g/mol. The SMILES string of the molecule is CCN=C(C)Nc1cc(C)c(C=NOCC2CC2)cc1C. The molecule has 0 aromatic heterocycles. The van der Waals surface area contributed by atoms with Crippen LogP contribution in [0.3, 0.4) is 0 Å². The molecule has 1 aliphatic carbocycles. The fourth-order valence-corrected chi connectivity index (χ4v) is 2.11. The largest absolute Gasteiger partial charge is 0.396 e. The second-order valence-corrected chi connectivity index (χ2v) is 5.68. The van der Waals surface area contributed by atoms with E-state index >= 15 is 0 Å². The molecule has 1 fully saturated rings. The summed E-state index contributed by atoms with van der Waals surface area (Å²) in [6, 6.07) is 4.26. The Morgan fingerprint density at radius 3 is 2.76 bits per heavy atom. The third kappa shape index (κ3) is 4.88. The molecule has 4 heteroatoms. The van der Waals surface area contributed by atoms with Gasteiger partial charge in [-0.1, -0.05) is 5.16 Å². The van der Waals surface area contributed by atoms with Gasteiger partial charge in [0, 0.05) is 12.2 Å². The van der Waals surface area contributed by atoms with E-state index in [4.69, 9.17) is 4.84 Å². The van der Waals surface area contributed by atoms with Crippen molar-refractivity contribution >= 4 is 17.7 Å². The van der Waals surface area contributed by atoms with Crippen molar-refractivity contribution in [3.05, 3.63) is 28.8 Å². The minimum atomic E-state index is 0.734. The van der Waals surface area contributed by atoms with Crippen molar-refractivity contribution in [3.8, 4) is 0 Å². The normalized spacial score (nSPS) is 15.5. The third-order valence-electron chi connectivity index (χ3n) is 3.60. The van der Waals surface area contributed by atoms with Gasteiger partial charge in [0.2, 0.25) is 0 Å². The highest BCUT2D eigenvalue weighted by atomic mass is 16.6. The van der Waals surface area contributed by atoms with E-state index in [-0.39, 0.29) is 0 Å². The molecule has 0 saturated heterocycles. The number of aryl methyl sites for hydroxylation is 2. The van der Waals surface area contributed by atoms with Crippen LogP contribution in [-0.2, 0) is 4.84 Å². The smallest absolute Gasteiger partial charge is 0.120 e. The fourth-order valence-electron chi connectivity index (χ4n) is 2.11. The van der Waals surface area contributed by atoms with Gasteiger partial charge in [-0.2, -0.15) is 0 Å². The Bertz CT molecular complexity index is 545. The standard InChI is InChI=1S/C17H25N3O/c1-5-18-14(4)20-17-9-12(2)16(8-13(17)3)10-19-21-11-15-6-7-15/h8-10,15H,5-7,11H2,1-4H3,(H,18,20). The first kappa shape index (κ1) is 15.5. The second-order valence-electron chi connectivity index (χ2n) is 5.68. The average Bonchev–Trinajstić information content (AvgIpc) is 3.24. The van der Waals surface area contributed by atoms with Gasteiger partial charge in [-0.15, -0.1) is 0 Å². The topological polar surface area (TPSA) is 46.0 Å². The molecule has 1 N–H and O–H groups in total. The highest BCUT2D eigenvalue weighted by Crippen LogP contribution is 2.28. The number of aliphatic imine (C=N–C) groups is 1. The number of nitrogens with zero attached hydrogens (tertiary/aromatic N) is 2. The van der Waals surface area contributed by atoms with Crippen molar-refractivity contribution in [2.75, 3.05) is 18.5 Å². The van der Waals surface area contributed by atoms with Gasteiger partial charge in [-0.25, -0.2) is 0 Å². The fraction of sp³-hybridized carbons (Fsp3) is 0.529. The lowest BCUT2D eigenvalue weighted by atomic mass is 10.0. The minimum Gasteiger partial charge on any atom is -0.396 e. The van der Waals surface area contributed by atoms with Crippen molar-refractivity contribution in [2.45, 2.75) is 40.5 Å². The van der Waals surface area contributed by atoms with Crippen molar-refractivity contribution in [3.63, 3.8) is 0 Å². The molecule has 2 rings (SSSR count). The zero-order valence-electron chi connectivity index (χ0n) is 13.4. The van der Waals surface area contributed by atoms with Crippen molar-refractivity contribution < 1.29 is 4.84 Å². The molecule has 1 aliphatic rings. The van der Waals surface area contributed by atoms with Gasteiger partial charge in [0.05, 0.1) is 12.1 Å². The minimum absolute atomic E-state index is 0.734. The maximum atomic E-state index is 5.32. The number of benzene rings is 1. The summed E-state index contributed by atoms with van der Waals surface area (Å²) < 4.78 is 0. The van der Waals surface area contributed by atoms with Crippen LogP contribution in [0.25, 0.3) is 0 Å². The van der Waals surface area contributed by atoms with Crippen LogP contribution in [-0.4, -0.2) is 25.2 Å². The summed E-state index contributed by atoms with van der Waals surface area (Å²) >= 11 is 0. The van der Waals surface area contributed by atoms with Gasteiger partial charge >= 0.3 is 0 Å². The predicted octanol–water partition coefficient (Wildman–Crippen LogP) is 3.91. The van der Waals surface area contributed by atoms with Crippen molar-refractivity contribution in [2.24, 2.45) is 16.1 Å². The molecule has 0 spiro atoms. The summed E-state index contributed by atoms with van der Waals surface area (Å²) in [4.78, 5) is 9.67. The Hall–Kier alpha value is -1.84. The van der Waals surface area contributed by atoms with Crippen LogP contribution in [0.5, 0.6) is 0 Å². The van der Waals surface area contributed by atoms with Crippen molar-refractivity contribution in [1.29, 1.82) is 0 Å². The molecule has 0 aliphatic heterocycles. The van der Waals surface area contributed by atoms with Crippen LogP contribution in [0.4, 0.5) is 5.69 Å². The van der Waals surface area contributed by atoms with E-state index in [9.17, 15) is 0 Å². The number of anilines is 1. The highest BCUT2D eigenvalue weighted by Gasteiger charge is 2.21. The Morgan fingerprint density at radius 2 is 2.10 bits per heavy atom. The molecule has 0 atom stereocenters. The van der Waals surface area contributed by atoms with Crippen molar-refractivity contribution in [1.82, 2.24) is 0 Å². The lowest BCUT2D eigenvalue weighted by molar-refractivity contribution is 0.135. The molecule has 4 nitrogen and oxygen atoms in total. The molecule has 114 valence electrons. The summed E-state index contributed by atoms with van der Waals surface area (Å²) in [6.45, 7) is 9.73. The van der Waals surface area contributed by atoms with Crippen LogP contribution in [0.15, 0.2) is 22.3 Å². The molecular weight excluding hydrogens is 262 g/mol. The first-order valence-corrected chi connectivity index (χ1v) is 7.64. The molecule has 1 aromatic rings. The molecule has 0 heterocycles. The molecule has 0 unspecified atom stereocenters. The van der Waals surface area contributed by atoms with Crippen LogP contribution in [0.2, 0.25) is 0 Å². The molecular formula is C17H25N3O. The van der Waals surface area contributed by atoms with Gasteiger partial charge < -0.3 is 10.2 Å². The maximum Gasteiger partial charge on any atom is 0.120 e. The average molecular weight is 287 g/mol. The predicted molar refractivity (Wildman–Crippen MR) is 89.5 cm³/mol. The summed E-state index contributed by atoms with van der Waals surface area (Å²) in [7, 11) is 0. The molecule has 1 aromatic carbocycles. The van der Waals surface area contributed by atoms with Crippen LogP contribution in [0.1, 0.15) is 43.4 Å². The lowest BCUT2D eigenvalue weighted by Gasteiger charge is -2.12. The summed E-state index contributed by atoms with van der Waals surface area (Å²) in [5.74, 6) is 1.67. The summed E-state index contributed by atoms with van der Waals surface area (Å²) in [5, 5.41) is 7.42. The molecule has 0 radical (unpaired) electrons. The van der Waals surface area contributed by atoms with Crippen LogP contribution < -0.4 is 5.32 Å². The van der Waals surface area contributed by atoms with Gasteiger partial charge in [0.1, 0.15) is 6.61 Å². The second kappa shape index (κ2) is 7.25. The summed E-state index contributed by atoms with van der Waals surface area (Å²) in [5.41, 5.74) is 4.54. The van der Waals surface area contributed by atoms with E-state index in [2.05, 4.69) is 41.4 Å². The molecule has 0 bridgehead atoms. The maximum absolute atomic E-state index is 5.32. The Kier molecular flexibility index (Phi) is 5.37. The van der Waals surface area contributed by atoms with Crippen LogP contribution in [0, 0.1) is 19.8 Å². The highest BCUT2D eigenvalue weighted by molar-refractivity contribution is 5.95. The number of rotatable bonds is 6. The first-order valence-electron chi connectivity index (χ1n) is 7.64. The van der Waals surface area contributed by atoms with Gasteiger partial charge in [0.15, 0.2) is 0 Å². The Balaban J connectivity index is 2.02. The number of hydrogen-bond donors (Lipinski definition) is 1. The quantitative estimate of drug-likeness (QED) is 0.490. The third-order valence-corrected chi connectivity index (χ3v) is 3.60. The number of nitrogens with one attached hydrogen (secondary N) is 1. The van der Waals surface area contributed by atoms with E-state index in [0.29, 0.717) is 0 Å². The number of hydrogen-bond acceptors (Lipinski definition) is 3. The Labute approximate surface area is 127 Å². The van der Waals surface area contributed by atoms with E-state index in [1.54, 1.807) is 0 Å². The van der Waals surface area contributed by atoms with Crippen LogP contribution >= 0.6 is 0 Å². The molecule has 1 saturated carbocycles. The molecule has 21 heavy (non-hydrogen) atoms. The number of oxime groups is 1. The van der Waals surface area contributed by atoms with Gasteiger partial charge in [-0.05, 0) is 75.3 Å². The van der Waals surface area contributed by atoms with Gasteiger partial charge in [-0.3, -0.25) is 4.99 Å². The Morgan fingerprint density at radius 1 is 1.33 bits per heavy atom. The summed E-state index contributed by atoms with van der Waals surface area (Å²) in [6.07, 6.45) is 4.38. The van der Waals surface area contributed by atoms with E-state index in [0.717, 1.165) is 36.2 Å². The lowest BCUT2D eigenvalue weighted by Crippen LogP contribution is -2.09. The van der Waals surface area contributed by atoms with E-state index in [1.165, 1.54) is 24.0 Å². The zero-order valence-corrected chi connectivity index (χ0v) is 13.4. The van der Waals surface area contributed by atoms with Gasteiger partial charge in [0.25, 0.3) is 0 Å². The van der Waals surface area contributed by atoms with E-state index < -0.39 is 0 Å². The first-order chi connectivity index (χ1) is 10.1. The van der Waals surface area contributed by atoms with E-state index in [1.807, 2.05) is 20.1 Å².